The van der Waals surface area contributed by atoms with Crippen LogP contribution in [-0.2, 0) is 9.84 Å². The highest BCUT2D eigenvalue weighted by molar-refractivity contribution is 7.91. The summed E-state index contributed by atoms with van der Waals surface area (Å²) in [6.07, 6.45) is 1.28. The van der Waals surface area contributed by atoms with Crippen molar-refractivity contribution < 1.29 is 22.0 Å². The molecule has 22 heavy (non-hydrogen) atoms. The number of rotatable bonds is 1. The lowest BCUT2D eigenvalue weighted by atomic mass is 10.0. The Hall–Kier alpha value is -2.34. The Bertz CT molecular complexity index is 915. The molecule has 0 amide bonds. The average Bonchev–Trinajstić information content (AvgIpc) is 2.48. The van der Waals surface area contributed by atoms with Gasteiger partial charge < -0.3 is 0 Å². The molecule has 0 aliphatic carbocycles. The maximum absolute atomic E-state index is 13.2. The third-order valence-corrected chi connectivity index (χ3v) is 5.11. The number of halogens is 2. The summed E-state index contributed by atoms with van der Waals surface area (Å²) in [5.74, 6) is -2.94. The van der Waals surface area contributed by atoms with Crippen LogP contribution in [0.1, 0.15) is 15.9 Å². The number of ketones is 1. The van der Waals surface area contributed by atoms with Gasteiger partial charge >= 0.3 is 0 Å². The van der Waals surface area contributed by atoms with Crippen molar-refractivity contribution in [2.75, 3.05) is 5.75 Å². The standard InChI is InChI=1S/C16H10F2O3S/c17-13-6-5-10(8-14(13)18)7-11-9-22(20,21)15-4-2-1-3-12(15)16(11)19/h1-8H,9H2/b11-7+. The first kappa shape index (κ1) is 14.6. The van der Waals surface area contributed by atoms with Crippen LogP contribution in [0.25, 0.3) is 6.08 Å². The third-order valence-electron chi connectivity index (χ3n) is 3.39. The van der Waals surface area contributed by atoms with Gasteiger partial charge in [-0.05, 0) is 35.9 Å². The van der Waals surface area contributed by atoms with E-state index in [1.807, 2.05) is 0 Å². The van der Waals surface area contributed by atoms with Crippen LogP contribution in [-0.4, -0.2) is 20.0 Å². The lowest BCUT2D eigenvalue weighted by Gasteiger charge is -2.17. The zero-order valence-corrected chi connectivity index (χ0v) is 12.0. The van der Waals surface area contributed by atoms with Gasteiger partial charge in [0.05, 0.1) is 10.6 Å². The van der Waals surface area contributed by atoms with Gasteiger partial charge in [0.1, 0.15) is 0 Å². The first-order valence-electron chi connectivity index (χ1n) is 6.40. The van der Waals surface area contributed by atoms with Crippen LogP contribution in [0.4, 0.5) is 8.78 Å². The van der Waals surface area contributed by atoms with E-state index in [0.717, 1.165) is 12.1 Å². The summed E-state index contributed by atoms with van der Waals surface area (Å²) < 4.78 is 50.6. The van der Waals surface area contributed by atoms with Crippen molar-refractivity contribution in [2.24, 2.45) is 0 Å². The van der Waals surface area contributed by atoms with Crippen LogP contribution in [0.3, 0.4) is 0 Å². The lowest BCUT2D eigenvalue weighted by Crippen LogP contribution is -2.24. The summed E-state index contributed by atoms with van der Waals surface area (Å²) in [6.45, 7) is 0. The summed E-state index contributed by atoms with van der Waals surface area (Å²) >= 11 is 0. The molecule has 0 N–H and O–H groups in total. The predicted octanol–water partition coefficient (Wildman–Crippen LogP) is 3.02. The topological polar surface area (TPSA) is 51.2 Å². The van der Waals surface area contributed by atoms with Crippen LogP contribution in [0.5, 0.6) is 0 Å². The highest BCUT2D eigenvalue weighted by Crippen LogP contribution is 2.28. The van der Waals surface area contributed by atoms with Crippen molar-refractivity contribution in [2.45, 2.75) is 4.90 Å². The van der Waals surface area contributed by atoms with E-state index in [-0.39, 0.29) is 21.6 Å². The molecule has 0 atom stereocenters. The van der Waals surface area contributed by atoms with Crippen LogP contribution in [0.2, 0.25) is 0 Å². The minimum absolute atomic E-state index is 0.00226. The first-order valence-corrected chi connectivity index (χ1v) is 8.06. The summed E-state index contributed by atoms with van der Waals surface area (Å²) in [4.78, 5) is 12.4. The number of hydrogen-bond donors (Lipinski definition) is 0. The van der Waals surface area contributed by atoms with Gasteiger partial charge in [0.2, 0.25) is 0 Å². The maximum Gasteiger partial charge on any atom is 0.191 e. The van der Waals surface area contributed by atoms with E-state index < -0.39 is 33.0 Å². The van der Waals surface area contributed by atoms with Crippen molar-refractivity contribution in [3.8, 4) is 0 Å². The summed E-state index contributed by atoms with van der Waals surface area (Å²) in [6, 6.07) is 9.08. The molecule has 0 aromatic heterocycles. The molecule has 1 aliphatic heterocycles. The van der Waals surface area contributed by atoms with E-state index >= 15 is 0 Å². The monoisotopic (exact) mass is 320 g/mol. The molecule has 2 aromatic rings. The average molecular weight is 320 g/mol. The molecule has 0 unspecified atom stereocenters. The van der Waals surface area contributed by atoms with Gasteiger partial charge in [-0.3, -0.25) is 4.79 Å². The minimum Gasteiger partial charge on any atom is -0.289 e. The Morgan fingerprint density at radius 2 is 1.73 bits per heavy atom. The fourth-order valence-electron chi connectivity index (χ4n) is 2.36. The van der Waals surface area contributed by atoms with E-state index in [0.29, 0.717) is 0 Å². The zero-order valence-electron chi connectivity index (χ0n) is 11.2. The van der Waals surface area contributed by atoms with E-state index in [2.05, 4.69) is 0 Å². The fourth-order valence-corrected chi connectivity index (χ4v) is 3.92. The number of benzene rings is 2. The Kier molecular flexibility index (Phi) is 3.41. The highest BCUT2D eigenvalue weighted by Gasteiger charge is 2.32. The molecule has 0 radical (unpaired) electrons. The molecule has 0 spiro atoms. The Labute approximate surface area is 125 Å². The Morgan fingerprint density at radius 3 is 2.45 bits per heavy atom. The molecule has 112 valence electrons. The molecule has 1 heterocycles. The summed E-state index contributed by atoms with van der Waals surface area (Å²) in [5.41, 5.74) is 0.365. The van der Waals surface area contributed by atoms with Crippen LogP contribution in [0, 0.1) is 11.6 Å². The van der Waals surface area contributed by atoms with Crippen molar-refractivity contribution in [3.63, 3.8) is 0 Å². The first-order chi connectivity index (χ1) is 10.4. The number of carbonyl (C=O) groups excluding carboxylic acids is 1. The van der Waals surface area contributed by atoms with Gasteiger partial charge in [-0.2, -0.15) is 0 Å². The van der Waals surface area contributed by atoms with Crippen molar-refractivity contribution in [1.82, 2.24) is 0 Å². The van der Waals surface area contributed by atoms with Crippen molar-refractivity contribution in [1.29, 1.82) is 0 Å². The predicted molar refractivity (Wildman–Crippen MR) is 77.2 cm³/mol. The molecule has 3 rings (SSSR count). The second-order valence-corrected chi connectivity index (χ2v) is 6.89. The van der Waals surface area contributed by atoms with E-state index in [9.17, 15) is 22.0 Å². The number of Topliss-reactive ketones (excluding diaryl/α,β-unsaturated/α-hetero) is 1. The molecule has 0 saturated carbocycles. The molecule has 0 saturated heterocycles. The number of fused-ring (bicyclic) bond motifs is 1. The minimum atomic E-state index is -3.62. The van der Waals surface area contributed by atoms with E-state index in [1.54, 1.807) is 12.1 Å². The van der Waals surface area contributed by atoms with Gasteiger partial charge in [0.25, 0.3) is 0 Å². The van der Waals surface area contributed by atoms with Gasteiger partial charge in [0, 0.05) is 11.1 Å². The van der Waals surface area contributed by atoms with E-state index in [1.165, 1.54) is 24.3 Å². The second kappa shape index (κ2) is 5.14. The maximum atomic E-state index is 13.2. The highest BCUT2D eigenvalue weighted by atomic mass is 32.2. The second-order valence-electron chi connectivity index (χ2n) is 4.93. The molecule has 1 aliphatic rings. The molecule has 0 bridgehead atoms. The van der Waals surface area contributed by atoms with Gasteiger partial charge in [0.15, 0.2) is 27.3 Å². The molecular weight excluding hydrogens is 310 g/mol. The fraction of sp³-hybridized carbons (Fsp3) is 0.0625. The SMILES string of the molecule is O=C1/C(=C/c2ccc(F)c(F)c2)CS(=O)(=O)c2ccccc21. The van der Waals surface area contributed by atoms with Crippen LogP contribution in [0.15, 0.2) is 52.9 Å². The van der Waals surface area contributed by atoms with Crippen molar-refractivity contribution >= 4 is 21.7 Å². The molecule has 2 aromatic carbocycles. The Balaban J connectivity index is 2.12. The van der Waals surface area contributed by atoms with Gasteiger partial charge in [-0.25, -0.2) is 17.2 Å². The van der Waals surface area contributed by atoms with Crippen LogP contribution >= 0.6 is 0 Å². The molecule has 0 fully saturated rings. The van der Waals surface area contributed by atoms with E-state index in [4.69, 9.17) is 0 Å². The van der Waals surface area contributed by atoms with Gasteiger partial charge in [-0.15, -0.1) is 0 Å². The zero-order chi connectivity index (χ0) is 15.9. The number of carbonyl (C=O) groups is 1. The summed E-state index contributed by atoms with van der Waals surface area (Å²) in [5, 5.41) is 0. The smallest absolute Gasteiger partial charge is 0.191 e. The Morgan fingerprint density at radius 1 is 1.00 bits per heavy atom. The van der Waals surface area contributed by atoms with Crippen molar-refractivity contribution in [3.05, 3.63) is 70.8 Å². The lowest BCUT2D eigenvalue weighted by molar-refractivity contribution is 0.103. The number of sulfone groups is 1. The molecule has 6 heteroatoms. The molecular formula is C16H10F2O3S. The van der Waals surface area contributed by atoms with Gasteiger partial charge in [-0.1, -0.05) is 18.2 Å². The van der Waals surface area contributed by atoms with Crippen LogP contribution < -0.4 is 0 Å². The largest absolute Gasteiger partial charge is 0.289 e. The third kappa shape index (κ3) is 2.46. The normalized spacial score (nSPS) is 18.3. The quantitative estimate of drug-likeness (QED) is 0.759. The molecule has 3 nitrogen and oxygen atoms in total. The number of hydrogen-bond acceptors (Lipinski definition) is 3. The summed E-state index contributed by atoms with van der Waals surface area (Å²) in [7, 11) is -3.62.